The van der Waals surface area contributed by atoms with Crippen LogP contribution in [0.15, 0.2) is 40.9 Å². The smallest absolute Gasteiger partial charge is 0.241 e. The average molecular weight is 350 g/mol. The molecular weight excluding hydrogens is 338 g/mol. The second kappa shape index (κ2) is 4.25. The number of ether oxygens (including phenoxy) is 1. The summed E-state index contributed by atoms with van der Waals surface area (Å²) in [6.07, 6.45) is 3.06. The minimum Gasteiger partial charge on any atom is -0.393 e. The van der Waals surface area contributed by atoms with Crippen LogP contribution in [0.4, 0.5) is 5.69 Å². The molecule has 0 saturated carbocycles. The Morgan fingerprint density at radius 3 is 2.76 bits per heavy atom. The van der Waals surface area contributed by atoms with Crippen molar-refractivity contribution in [3.63, 3.8) is 0 Å². The van der Waals surface area contributed by atoms with Gasteiger partial charge in [-0.25, -0.2) is 4.90 Å². The van der Waals surface area contributed by atoms with Crippen molar-refractivity contribution in [3.05, 3.63) is 40.9 Å². The van der Waals surface area contributed by atoms with Gasteiger partial charge in [0.25, 0.3) is 0 Å². The molecule has 0 aromatic heterocycles. The van der Waals surface area contributed by atoms with Crippen LogP contribution in [-0.4, -0.2) is 35.2 Å². The molecule has 108 valence electrons. The first kappa shape index (κ1) is 13.2. The van der Waals surface area contributed by atoms with Gasteiger partial charge in [-0.2, -0.15) is 0 Å². The normalized spacial score (nSPS) is 36.7. The minimum atomic E-state index is -1.04. The van der Waals surface area contributed by atoms with Crippen molar-refractivity contribution in [2.75, 3.05) is 11.5 Å². The summed E-state index contributed by atoms with van der Waals surface area (Å²) >= 11 is 3.38. The molecule has 6 heteroatoms. The molecule has 3 heterocycles. The van der Waals surface area contributed by atoms with Crippen LogP contribution in [0.2, 0.25) is 0 Å². The van der Waals surface area contributed by atoms with Crippen molar-refractivity contribution in [2.45, 2.75) is 11.7 Å². The molecule has 0 aliphatic carbocycles. The van der Waals surface area contributed by atoms with Crippen molar-refractivity contribution in [1.29, 1.82) is 0 Å². The highest BCUT2D eigenvalue weighted by Crippen LogP contribution is 2.52. The van der Waals surface area contributed by atoms with Gasteiger partial charge in [0.2, 0.25) is 11.8 Å². The van der Waals surface area contributed by atoms with Crippen LogP contribution in [0.25, 0.3) is 0 Å². The predicted octanol–water partition coefficient (Wildman–Crippen LogP) is 1.25. The Morgan fingerprint density at radius 1 is 1.29 bits per heavy atom. The zero-order valence-corrected chi connectivity index (χ0v) is 12.5. The van der Waals surface area contributed by atoms with E-state index in [4.69, 9.17) is 4.74 Å². The van der Waals surface area contributed by atoms with E-state index >= 15 is 0 Å². The van der Waals surface area contributed by atoms with Crippen LogP contribution in [0, 0.1) is 11.8 Å². The molecule has 1 aromatic rings. The number of aliphatic hydroxyl groups excluding tert-OH is 1. The standard InChI is InChI=1S/C15H12BrNO4/c16-8-3-1-2-4-9(8)17-13(19)11-10-5-6-15(7-18,21-10)12(11)14(17)20/h1-6,10-12,18H,7H2/t10-,11-,12+,15+/m1/s1. The number of rotatable bonds is 2. The van der Waals surface area contributed by atoms with Crippen LogP contribution in [0.3, 0.4) is 0 Å². The summed E-state index contributed by atoms with van der Waals surface area (Å²) in [4.78, 5) is 26.7. The number of hydrogen-bond acceptors (Lipinski definition) is 4. The van der Waals surface area contributed by atoms with E-state index in [1.54, 1.807) is 30.4 Å². The summed E-state index contributed by atoms with van der Waals surface area (Å²) in [6, 6.07) is 7.11. The topological polar surface area (TPSA) is 66.8 Å². The van der Waals surface area contributed by atoms with Gasteiger partial charge in [-0.15, -0.1) is 0 Å². The molecule has 5 nitrogen and oxygen atoms in total. The van der Waals surface area contributed by atoms with Crippen LogP contribution in [0.1, 0.15) is 0 Å². The van der Waals surface area contributed by atoms with E-state index in [-0.39, 0.29) is 18.4 Å². The Balaban J connectivity index is 1.81. The Kier molecular flexibility index (Phi) is 2.67. The molecule has 3 aliphatic rings. The summed E-state index contributed by atoms with van der Waals surface area (Å²) in [6.45, 7) is -0.302. The van der Waals surface area contributed by atoms with Gasteiger partial charge in [-0.05, 0) is 28.1 Å². The van der Waals surface area contributed by atoms with E-state index in [0.29, 0.717) is 10.2 Å². The van der Waals surface area contributed by atoms with Crippen LogP contribution in [-0.2, 0) is 14.3 Å². The fourth-order valence-corrected chi connectivity index (χ4v) is 4.02. The van der Waals surface area contributed by atoms with E-state index in [0.717, 1.165) is 0 Å². The van der Waals surface area contributed by atoms with Gasteiger partial charge in [0.15, 0.2) is 0 Å². The number of nitrogens with zero attached hydrogens (tertiary/aromatic N) is 1. The summed E-state index contributed by atoms with van der Waals surface area (Å²) < 4.78 is 6.38. The molecule has 0 radical (unpaired) electrons. The average Bonchev–Trinajstić information content (AvgIpc) is 3.12. The lowest BCUT2D eigenvalue weighted by Gasteiger charge is -2.26. The highest BCUT2D eigenvalue weighted by Gasteiger charge is 2.67. The molecule has 2 bridgehead atoms. The Labute approximate surface area is 129 Å². The fourth-order valence-electron chi connectivity index (χ4n) is 3.55. The van der Waals surface area contributed by atoms with Gasteiger partial charge < -0.3 is 9.84 Å². The van der Waals surface area contributed by atoms with Crippen LogP contribution >= 0.6 is 15.9 Å². The molecule has 2 saturated heterocycles. The highest BCUT2D eigenvalue weighted by atomic mass is 79.9. The molecule has 2 fully saturated rings. The number of hydrogen-bond donors (Lipinski definition) is 1. The molecule has 3 aliphatic heterocycles. The van der Waals surface area contributed by atoms with Crippen LogP contribution in [0.5, 0.6) is 0 Å². The molecule has 4 atom stereocenters. The molecule has 1 aromatic carbocycles. The number of carbonyl (C=O) groups is 2. The van der Waals surface area contributed by atoms with E-state index in [1.807, 2.05) is 6.07 Å². The van der Waals surface area contributed by atoms with Crippen molar-refractivity contribution in [1.82, 2.24) is 0 Å². The lowest BCUT2D eigenvalue weighted by molar-refractivity contribution is -0.128. The maximum atomic E-state index is 12.8. The van der Waals surface area contributed by atoms with Crippen LogP contribution < -0.4 is 4.90 Å². The van der Waals surface area contributed by atoms with Crippen molar-refractivity contribution < 1.29 is 19.4 Å². The quantitative estimate of drug-likeness (QED) is 0.644. The van der Waals surface area contributed by atoms with Gasteiger partial charge in [0.05, 0.1) is 30.2 Å². The Morgan fingerprint density at radius 2 is 2.05 bits per heavy atom. The Bertz CT molecular complexity index is 688. The monoisotopic (exact) mass is 349 g/mol. The highest BCUT2D eigenvalue weighted by molar-refractivity contribution is 9.10. The maximum Gasteiger partial charge on any atom is 0.241 e. The lowest BCUT2D eigenvalue weighted by atomic mass is 9.77. The minimum absolute atomic E-state index is 0.262. The molecular formula is C15H12BrNO4. The second-order valence-electron chi connectivity index (χ2n) is 5.52. The largest absolute Gasteiger partial charge is 0.393 e. The van der Waals surface area contributed by atoms with E-state index < -0.39 is 23.5 Å². The molecule has 2 amide bonds. The number of imide groups is 1. The summed E-state index contributed by atoms with van der Waals surface area (Å²) in [5, 5.41) is 9.64. The van der Waals surface area contributed by atoms with Gasteiger partial charge in [0, 0.05) is 4.47 Å². The van der Waals surface area contributed by atoms with E-state index in [2.05, 4.69) is 15.9 Å². The van der Waals surface area contributed by atoms with Crippen molar-refractivity contribution >= 4 is 33.4 Å². The van der Waals surface area contributed by atoms with Crippen molar-refractivity contribution in [3.8, 4) is 0 Å². The zero-order chi connectivity index (χ0) is 14.8. The predicted molar refractivity (Wildman–Crippen MR) is 77.4 cm³/mol. The lowest BCUT2D eigenvalue weighted by Crippen LogP contribution is -2.43. The summed E-state index contributed by atoms with van der Waals surface area (Å²) in [5.41, 5.74) is -0.507. The number of benzene rings is 1. The number of para-hydroxylation sites is 1. The first-order valence-electron chi connectivity index (χ1n) is 6.69. The summed E-state index contributed by atoms with van der Waals surface area (Å²) in [7, 11) is 0. The number of carbonyl (C=O) groups excluding carboxylic acids is 2. The molecule has 21 heavy (non-hydrogen) atoms. The summed E-state index contributed by atoms with van der Waals surface area (Å²) in [5.74, 6) is -1.75. The van der Waals surface area contributed by atoms with E-state index in [1.165, 1.54) is 4.90 Å². The number of fused-ring (bicyclic) bond motifs is 5. The van der Waals surface area contributed by atoms with Gasteiger partial charge in [-0.3, -0.25) is 9.59 Å². The van der Waals surface area contributed by atoms with Crippen molar-refractivity contribution in [2.24, 2.45) is 11.8 Å². The molecule has 4 rings (SSSR count). The number of halogens is 1. The molecule has 1 N–H and O–H groups in total. The second-order valence-corrected chi connectivity index (χ2v) is 6.38. The SMILES string of the molecule is O=C1[C@H]2[C@@H](C(=O)N1c1ccccc1Br)[C@@]1(CO)C=C[C@H]2O1. The third-order valence-electron chi connectivity index (χ3n) is 4.50. The van der Waals surface area contributed by atoms with Gasteiger partial charge in [-0.1, -0.05) is 24.3 Å². The first-order chi connectivity index (χ1) is 10.1. The molecule has 0 spiro atoms. The molecule has 0 unspecified atom stereocenters. The van der Waals surface area contributed by atoms with E-state index in [9.17, 15) is 14.7 Å². The maximum absolute atomic E-state index is 12.8. The zero-order valence-electron chi connectivity index (χ0n) is 10.9. The number of anilines is 1. The third-order valence-corrected chi connectivity index (χ3v) is 5.17. The number of amides is 2. The Hall–Kier alpha value is -1.50. The fraction of sp³-hybridized carbons (Fsp3) is 0.333. The third kappa shape index (κ3) is 1.52. The number of aliphatic hydroxyl groups is 1. The van der Waals surface area contributed by atoms with Gasteiger partial charge >= 0.3 is 0 Å². The first-order valence-corrected chi connectivity index (χ1v) is 7.49. The van der Waals surface area contributed by atoms with Gasteiger partial charge in [0.1, 0.15) is 5.60 Å².